The Morgan fingerprint density at radius 2 is 2.17 bits per heavy atom. The minimum atomic E-state index is -0.497. The zero-order valence-corrected chi connectivity index (χ0v) is 18.2. The zero-order valence-electron chi connectivity index (χ0n) is 17.4. The third-order valence-corrected chi connectivity index (χ3v) is 6.42. The predicted molar refractivity (Wildman–Crippen MR) is 116 cm³/mol. The normalized spacial score (nSPS) is 20.7. The molecule has 2 amide bonds. The molecule has 1 aromatic heterocycles. The van der Waals surface area contributed by atoms with Gasteiger partial charge in [-0.15, -0.1) is 6.58 Å². The van der Waals surface area contributed by atoms with Crippen molar-refractivity contribution in [2.45, 2.75) is 51.1 Å². The molecule has 1 fully saturated rings. The largest absolute Gasteiger partial charge is 0.463 e. The lowest BCUT2D eigenvalue weighted by atomic mass is 9.93. The Morgan fingerprint density at radius 1 is 1.41 bits per heavy atom. The van der Waals surface area contributed by atoms with Crippen molar-refractivity contribution in [1.29, 1.82) is 0 Å². The van der Waals surface area contributed by atoms with Gasteiger partial charge in [0.05, 0.1) is 18.2 Å². The van der Waals surface area contributed by atoms with Crippen LogP contribution in [0.15, 0.2) is 40.8 Å². The third kappa shape index (κ3) is 4.90. The molecule has 158 valence electrons. The number of hydrogen-bond acceptors (Lipinski definition) is 5. The molecule has 1 aliphatic heterocycles. The summed E-state index contributed by atoms with van der Waals surface area (Å²) in [6.07, 6.45) is 7.74. The number of amides is 2. The summed E-state index contributed by atoms with van der Waals surface area (Å²) in [6.45, 7) is 6.76. The molecule has 3 rings (SSSR count). The maximum atomic E-state index is 13.0. The molecule has 29 heavy (non-hydrogen) atoms. The topological polar surface area (TPSA) is 61.9 Å². The van der Waals surface area contributed by atoms with Gasteiger partial charge < -0.3 is 10.1 Å². The van der Waals surface area contributed by atoms with E-state index in [1.54, 1.807) is 29.2 Å². The third-order valence-electron chi connectivity index (χ3n) is 5.72. The molecule has 6 nitrogen and oxygen atoms in total. The van der Waals surface area contributed by atoms with Crippen LogP contribution in [0.3, 0.4) is 0 Å². The number of nitrogens with zero attached hydrogens (tertiary/aromatic N) is 2. The molecule has 1 atom stereocenters. The number of thiophene rings is 1. The van der Waals surface area contributed by atoms with Crippen molar-refractivity contribution in [2.75, 3.05) is 26.7 Å². The Labute approximate surface area is 177 Å². The fourth-order valence-electron chi connectivity index (χ4n) is 4.22. The molecular formula is C22H31N3O3S. The summed E-state index contributed by atoms with van der Waals surface area (Å²) in [7, 11) is 2.09. The Hall–Kier alpha value is -2.12. The molecule has 2 heterocycles. The summed E-state index contributed by atoms with van der Waals surface area (Å²) in [5.41, 5.74) is 2.15. The van der Waals surface area contributed by atoms with Crippen molar-refractivity contribution in [2.24, 2.45) is 0 Å². The van der Waals surface area contributed by atoms with E-state index in [4.69, 9.17) is 4.74 Å². The minimum Gasteiger partial charge on any atom is -0.463 e. The second kappa shape index (κ2) is 10.1. The smallest absolute Gasteiger partial charge is 0.338 e. The molecule has 1 unspecified atom stereocenters. The van der Waals surface area contributed by atoms with E-state index in [1.807, 2.05) is 16.8 Å². The number of likely N-dealkylation sites (N-methyl/N-ethyl adjacent to an activating group) is 1. The minimum absolute atomic E-state index is 0.207. The second-order valence-corrected chi connectivity index (χ2v) is 8.41. The summed E-state index contributed by atoms with van der Waals surface area (Å²) >= 11 is 1.54. The zero-order chi connectivity index (χ0) is 20.8. The van der Waals surface area contributed by atoms with Gasteiger partial charge in [-0.2, -0.15) is 11.3 Å². The van der Waals surface area contributed by atoms with Crippen molar-refractivity contribution in [3.63, 3.8) is 0 Å². The average Bonchev–Trinajstić information content (AvgIpc) is 3.26. The first-order chi connectivity index (χ1) is 14.1. The van der Waals surface area contributed by atoms with E-state index >= 15 is 0 Å². The van der Waals surface area contributed by atoms with E-state index in [1.165, 1.54) is 19.3 Å². The Kier molecular flexibility index (Phi) is 7.50. The highest BCUT2D eigenvalue weighted by Gasteiger charge is 2.38. The van der Waals surface area contributed by atoms with E-state index in [9.17, 15) is 9.59 Å². The van der Waals surface area contributed by atoms with Gasteiger partial charge in [0.1, 0.15) is 0 Å². The molecule has 0 aromatic carbocycles. The van der Waals surface area contributed by atoms with E-state index < -0.39 is 6.04 Å². The summed E-state index contributed by atoms with van der Waals surface area (Å²) < 4.78 is 5.41. The van der Waals surface area contributed by atoms with Crippen molar-refractivity contribution < 1.29 is 14.3 Å². The first-order valence-electron chi connectivity index (χ1n) is 10.4. The van der Waals surface area contributed by atoms with Crippen LogP contribution in [0.25, 0.3) is 0 Å². The predicted octanol–water partition coefficient (Wildman–Crippen LogP) is 4.08. The standard InChI is InChI=1S/C22H31N3O3S/c1-4-12-25-18(14-24(3)17-9-7-6-8-10-17)19(21(26)28-5-2)20(23-22(25)27)16-11-13-29-15-16/h4,11,13,15,17,20H,1,5-10,12,14H2,2-3H3,(H,23,27). The first kappa shape index (κ1) is 21.6. The highest BCUT2D eigenvalue weighted by atomic mass is 32.1. The van der Waals surface area contributed by atoms with Crippen molar-refractivity contribution in [1.82, 2.24) is 15.1 Å². The van der Waals surface area contributed by atoms with Crippen LogP contribution in [0.5, 0.6) is 0 Å². The van der Waals surface area contributed by atoms with Gasteiger partial charge in [-0.1, -0.05) is 25.3 Å². The fraction of sp³-hybridized carbons (Fsp3) is 0.545. The second-order valence-electron chi connectivity index (χ2n) is 7.63. The summed E-state index contributed by atoms with van der Waals surface area (Å²) in [5.74, 6) is -0.371. The summed E-state index contributed by atoms with van der Waals surface area (Å²) in [6, 6.07) is 1.71. The number of ether oxygens (including phenoxy) is 1. The van der Waals surface area contributed by atoms with Crippen LogP contribution in [-0.4, -0.2) is 54.6 Å². The molecule has 1 aliphatic carbocycles. The van der Waals surface area contributed by atoms with Gasteiger partial charge in [0.2, 0.25) is 0 Å². The first-order valence-corrected chi connectivity index (χ1v) is 11.3. The fourth-order valence-corrected chi connectivity index (χ4v) is 4.91. The monoisotopic (exact) mass is 417 g/mol. The summed E-state index contributed by atoms with van der Waals surface area (Å²) in [4.78, 5) is 29.9. The van der Waals surface area contributed by atoms with E-state index in [0.29, 0.717) is 31.3 Å². The van der Waals surface area contributed by atoms with Crippen LogP contribution in [0.1, 0.15) is 50.6 Å². The number of urea groups is 1. The Bertz CT molecular complexity index is 753. The van der Waals surface area contributed by atoms with E-state index in [0.717, 1.165) is 24.1 Å². The molecule has 2 aliphatic rings. The van der Waals surface area contributed by atoms with Crippen LogP contribution in [-0.2, 0) is 9.53 Å². The Morgan fingerprint density at radius 3 is 2.79 bits per heavy atom. The van der Waals surface area contributed by atoms with E-state index in [-0.39, 0.29) is 12.0 Å². The van der Waals surface area contributed by atoms with E-state index in [2.05, 4.69) is 23.8 Å². The number of carbonyl (C=O) groups is 2. The number of nitrogens with one attached hydrogen (secondary N) is 1. The lowest BCUT2D eigenvalue weighted by Crippen LogP contribution is -2.51. The van der Waals surface area contributed by atoms with Crippen LogP contribution in [0.4, 0.5) is 4.79 Å². The Balaban J connectivity index is 2.03. The highest BCUT2D eigenvalue weighted by Crippen LogP contribution is 2.33. The SMILES string of the molecule is C=CCN1C(=O)NC(c2ccsc2)C(C(=O)OCC)=C1CN(C)C1CCCCC1. The number of rotatable bonds is 8. The molecule has 1 N–H and O–H groups in total. The lowest BCUT2D eigenvalue weighted by Gasteiger charge is -2.39. The highest BCUT2D eigenvalue weighted by molar-refractivity contribution is 7.08. The van der Waals surface area contributed by atoms with Crippen LogP contribution in [0, 0.1) is 0 Å². The lowest BCUT2D eigenvalue weighted by molar-refractivity contribution is -0.139. The maximum absolute atomic E-state index is 13.0. The van der Waals surface area contributed by atoms with Crippen molar-refractivity contribution >= 4 is 23.3 Å². The maximum Gasteiger partial charge on any atom is 0.338 e. The van der Waals surface area contributed by atoms with Crippen molar-refractivity contribution in [3.8, 4) is 0 Å². The van der Waals surface area contributed by atoms with Crippen LogP contribution in [0.2, 0.25) is 0 Å². The summed E-state index contributed by atoms with van der Waals surface area (Å²) in [5, 5.41) is 6.92. The number of hydrogen-bond donors (Lipinski definition) is 1. The molecule has 1 aromatic rings. The number of esters is 1. The molecule has 0 radical (unpaired) electrons. The molecule has 0 spiro atoms. The van der Waals surface area contributed by atoms with Gasteiger partial charge in [-0.05, 0) is 49.2 Å². The molecular weight excluding hydrogens is 386 g/mol. The van der Waals surface area contributed by atoms with Crippen LogP contribution < -0.4 is 5.32 Å². The van der Waals surface area contributed by atoms with Crippen molar-refractivity contribution in [3.05, 3.63) is 46.3 Å². The van der Waals surface area contributed by atoms with Gasteiger partial charge >= 0.3 is 12.0 Å². The van der Waals surface area contributed by atoms with Crippen LogP contribution >= 0.6 is 11.3 Å². The molecule has 1 saturated carbocycles. The molecule has 7 heteroatoms. The average molecular weight is 418 g/mol. The number of carbonyl (C=O) groups excluding carboxylic acids is 2. The quantitative estimate of drug-likeness (QED) is 0.511. The molecule has 0 saturated heterocycles. The van der Waals surface area contributed by atoms with Gasteiger partial charge in [0.25, 0.3) is 0 Å². The van der Waals surface area contributed by atoms with Gasteiger partial charge in [-0.3, -0.25) is 9.80 Å². The van der Waals surface area contributed by atoms with Gasteiger partial charge in [0.15, 0.2) is 0 Å². The van der Waals surface area contributed by atoms with Gasteiger partial charge in [0, 0.05) is 24.8 Å². The van der Waals surface area contributed by atoms with Gasteiger partial charge in [-0.25, -0.2) is 9.59 Å². The molecule has 0 bridgehead atoms.